The lowest BCUT2D eigenvalue weighted by molar-refractivity contribution is 0.0527. The normalized spacial score (nSPS) is 12.3. The number of carbonyl (C=O) groups excluding carboxylic acids is 1. The van der Waals surface area contributed by atoms with Crippen molar-refractivity contribution in [1.82, 2.24) is 4.90 Å². The molecule has 0 aliphatic carbocycles. The molecule has 1 rings (SSSR count). The van der Waals surface area contributed by atoms with Gasteiger partial charge < -0.3 is 20.7 Å². The highest BCUT2D eigenvalue weighted by molar-refractivity contribution is 5.98. The lowest BCUT2D eigenvalue weighted by Crippen LogP contribution is -2.31. The third-order valence-electron chi connectivity index (χ3n) is 3.07. The van der Waals surface area contributed by atoms with E-state index in [0.29, 0.717) is 23.9 Å². The number of para-hydroxylation sites is 1. The summed E-state index contributed by atoms with van der Waals surface area (Å²) >= 11 is 0. The number of nitrogens with zero attached hydrogens (tertiary/aromatic N) is 1. The van der Waals surface area contributed by atoms with Gasteiger partial charge in [-0.25, -0.2) is 4.79 Å². The predicted octanol–water partition coefficient (Wildman–Crippen LogP) is 1.81. The number of nitrogen functional groups attached to an aromatic ring is 1. The van der Waals surface area contributed by atoms with Crippen molar-refractivity contribution in [2.75, 3.05) is 38.3 Å². The zero-order valence-electron chi connectivity index (χ0n) is 12.1. The highest BCUT2D eigenvalue weighted by atomic mass is 16.5. The van der Waals surface area contributed by atoms with E-state index in [9.17, 15) is 4.79 Å². The van der Waals surface area contributed by atoms with E-state index in [1.54, 1.807) is 19.1 Å². The zero-order valence-corrected chi connectivity index (χ0v) is 12.1. The number of esters is 1. The Morgan fingerprint density at radius 2 is 2.16 bits per heavy atom. The van der Waals surface area contributed by atoms with E-state index in [1.165, 1.54) is 0 Å². The van der Waals surface area contributed by atoms with E-state index in [2.05, 4.69) is 17.1 Å². The molecule has 0 radical (unpaired) electrons. The molecule has 0 aliphatic heterocycles. The molecule has 1 atom stereocenters. The Labute approximate surface area is 114 Å². The number of anilines is 2. The number of rotatable bonds is 6. The fourth-order valence-corrected chi connectivity index (χ4v) is 1.55. The molecule has 0 heterocycles. The number of nitrogens with one attached hydrogen (secondary N) is 1. The fourth-order valence-electron chi connectivity index (χ4n) is 1.55. The van der Waals surface area contributed by atoms with Crippen LogP contribution in [0.15, 0.2) is 18.2 Å². The van der Waals surface area contributed by atoms with Crippen LogP contribution < -0.4 is 11.1 Å². The van der Waals surface area contributed by atoms with Crippen molar-refractivity contribution < 1.29 is 9.53 Å². The van der Waals surface area contributed by atoms with Gasteiger partial charge in [0.2, 0.25) is 0 Å². The van der Waals surface area contributed by atoms with E-state index in [1.807, 2.05) is 20.2 Å². The van der Waals surface area contributed by atoms with Crippen LogP contribution in [-0.4, -0.2) is 44.2 Å². The first-order chi connectivity index (χ1) is 8.97. The molecular weight excluding hydrogens is 242 g/mol. The van der Waals surface area contributed by atoms with Gasteiger partial charge in [-0.1, -0.05) is 6.07 Å². The van der Waals surface area contributed by atoms with Crippen LogP contribution >= 0.6 is 0 Å². The molecule has 1 unspecified atom stereocenters. The second-order valence-corrected chi connectivity index (χ2v) is 4.68. The molecule has 5 heteroatoms. The standard InChI is InChI=1S/C14H23N3O2/c1-5-19-14(18)11-7-6-8-12(13(11)15)16-9-10(2)17(3)4/h6-8,10,16H,5,9,15H2,1-4H3. The average molecular weight is 265 g/mol. The van der Waals surface area contributed by atoms with Crippen molar-refractivity contribution in [3.8, 4) is 0 Å². The SMILES string of the molecule is CCOC(=O)c1cccc(NCC(C)N(C)C)c1N. The molecule has 0 aromatic heterocycles. The van der Waals surface area contributed by atoms with E-state index < -0.39 is 0 Å². The minimum absolute atomic E-state index is 0.341. The van der Waals surface area contributed by atoms with Crippen molar-refractivity contribution in [2.45, 2.75) is 19.9 Å². The van der Waals surface area contributed by atoms with Gasteiger partial charge >= 0.3 is 5.97 Å². The highest BCUT2D eigenvalue weighted by Crippen LogP contribution is 2.23. The molecule has 106 valence electrons. The van der Waals surface area contributed by atoms with Crippen molar-refractivity contribution in [1.29, 1.82) is 0 Å². The molecule has 0 saturated heterocycles. The molecule has 0 saturated carbocycles. The molecule has 0 spiro atoms. The van der Waals surface area contributed by atoms with Gasteiger partial charge in [0.25, 0.3) is 0 Å². The Bertz CT molecular complexity index is 433. The van der Waals surface area contributed by atoms with Gasteiger partial charge in [-0.05, 0) is 40.1 Å². The number of carbonyl (C=O) groups is 1. The summed E-state index contributed by atoms with van der Waals surface area (Å²) in [4.78, 5) is 13.8. The summed E-state index contributed by atoms with van der Waals surface area (Å²) in [5.74, 6) is -0.385. The van der Waals surface area contributed by atoms with Gasteiger partial charge in [0, 0.05) is 12.6 Å². The molecule has 3 N–H and O–H groups in total. The molecule has 19 heavy (non-hydrogen) atoms. The second kappa shape index (κ2) is 6.99. The summed E-state index contributed by atoms with van der Waals surface area (Å²) in [6.07, 6.45) is 0. The number of ether oxygens (including phenoxy) is 1. The Kier molecular flexibility index (Phi) is 5.63. The monoisotopic (exact) mass is 265 g/mol. The van der Waals surface area contributed by atoms with Crippen molar-refractivity contribution >= 4 is 17.3 Å². The van der Waals surface area contributed by atoms with E-state index >= 15 is 0 Å². The first-order valence-electron chi connectivity index (χ1n) is 6.43. The van der Waals surface area contributed by atoms with Crippen LogP contribution in [0, 0.1) is 0 Å². The van der Waals surface area contributed by atoms with Gasteiger partial charge in [-0.15, -0.1) is 0 Å². The first-order valence-corrected chi connectivity index (χ1v) is 6.43. The molecule has 0 fully saturated rings. The van der Waals surface area contributed by atoms with Crippen LogP contribution in [0.2, 0.25) is 0 Å². The quantitative estimate of drug-likeness (QED) is 0.606. The Morgan fingerprint density at radius 3 is 2.74 bits per heavy atom. The van der Waals surface area contributed by atoms with Gasteiger partial charge in [-0.2, -0.15) is 0 Å². The minimum Gasteiger partial charge on any atom is -0.462 e. The van der Waals surface area contributed by atoms with Crippen molar-refractivity contribution in [3.05, 3.63) is 23.8 Å². The van der Waals surface area contributed by atoms with Gasteiger partial charge in [0.05, 0.1) is 23.5 Å². The van der Waals surface area contributed by atoms with E-state index in [4.69, 9.17) is 10.5 Å². The highest BCUT2D eigenvalue weighted by Gasteiger charge is 2.14. The summed E-state index contributed by atoms with van der Waals surface area (Å²) in [7, 11) is 4.04. The van der Waals surface area contributed by atoms with Crippen LogP contribution in [-0.2, 0) is 4.74 Å². The molecule has 1 aromatic rings. The average Bonchev–Trinajstić information content (AvgIpc) is 2.37. The van der Waals surface area contributed by atoms with Crippen LogP contribution in [0.5, 0.6) is 0 Å². The van der Waals surface area contributed by atoms with E-state index in [-0.39, 0.29) is 5.97 Å². The summed E-state index contributed by atoms with van der Waals surface area (Å²) in [6, 6.07) is 5.70. The van der Waals surface area contributed by atoms with Crippen LogP contribution in [0.1, 0.15) is 24.2 Å². The zero-order chi connectivity index (χ0) is 14.4. The van der Waals surface area contributed by atoms with Gasteiger partial charge in [-0.3, -0.25) is 0 Å². The second-order valence-electron chi connectivity index (χ2n) is 4.68. The van der Waals surface area contributed by atoms with Crippen molar-refractivity contribution in [2.24, 2.45) is 0 Å². The number of hydrogen-bond acceptors (Lipinski definition) is 5. The number of nitrogens with two attached hydrogens (primary N) is 1. The summed E-state index contributed by atoms with van der Waals surface area (Å²) in [6.45, 7) is 4.98. The third-order valence-corrected chi connectivity index (χ3v) is 3.07. The van der Waals surface area contributed by atoms with Crippen LogP contribution in [0.3, 0.4) is 0 Å². The topological polar surface area (TPSA) is 67.6 Å². The smallest absolute Gasteiger partial charge is 0.340 e. The minimum atomic E-state index is -0.385. The Balaban J connectivity index is 2.80. The maximum Gasteiger partial charge on any atom is 0.340 e. The number of hydrogen-bond donors (Lipinski definition) is 2. The molecule has 0 amide bonds. The third kappa shape index (κ3) is 4.13. The molecule has 5 nitrogen and oxygen atoms in total. The molecule has 1 aromatic carbocycles. The van der Waals surface area contributed by atoms with Crippen molar-refractivity contribution in [3.63, 3.8) is 0 Å². The lowest BCUT2D eigenvalue weighted by Gasteiger charge is -2.21. The van der Waals surface area contributed by atoms with Crippen LogP contribution in [0.4, 0.5) is 11.4 Å². The molecule has 0 aliphatic rings. The summed E-state index contributed by atoms with van der Waals surface area (Å²) in [5.41, 5.74) is 7.61. The largest absolute Gasteiger partial charge is 0.462 e. The Hall–Kier alpha value is -1.75. The predicted molar refractivity (Wildman–Crippen MR) is 78.4 cm³/mol. The maximum absolute atomic E-state index is 11.7. The number of likely N-dealkylation sites (N-methyl/N-ethyl adjacent to an activating group) is 1. The Morgan fingerprint density at radius 1 is 1.47 bits per heavy atom. The lowest BCUT2D eigenvalue weighted by atomic mass is 10.1. The first kappa shape index (κ1) is 15.3. The molecule has 0 bridgehead atoms. The summed E-state index contributed by atoms with van der Waals surface area (Å²) < 4.78 is 4.97. The van der Waals surface area contributed by atoms with Gasteiger partial charge in [0.15, 0.2) is 0 Å². The fraction of sp³-hybridized carbons (Fsp3) is 0.500. The summed E-state index contributed by atoms with van der Waals surface area (Å²) in [5, 5.41) is 3.26. The van der Waals surface area contributed by atoms with Gasteiger partial charge in [0.1, 0.15) is 0 Å². The maximum atomic E-state index is 11.7. The molecular formula is C14H23N3O2. The van der Waals surface area contributed by atoms with E-state index in [0.717, 1.165) is 12.2 Å². The number of benzene rings is 1. The van der Waals surface area contributed by atoms with Crippen LogP contribution in [0.25, 0.3) is 0 Å².